The van der Waals surface area contributed by atoms with Crippen molar-refractivity contribution in [3.8, 4) is 0 Å². The summed E-state index contributed by atoms with van der Waals surface area (Å²) in [5.74, 6) is 0.0871. The highest BCUT2D eigenvalue weighted by molar-refractivity contribution is 5.94. The largest absolute Gasteiger partial charge is 0.375 e. The summed E-state index contributed by atoms with van der Waals surface area (Å²) >= 11 is 0. The average Bonchev–Trinajstić information content (AvgIpc) is 2.39. The van der Waals surface area contributed by atoms with Crippen molar-refractivity contribution in [2.45, 2.75) is 19.4 Å². The van der Waals surface area contributed by atoms with Crippen molar-refractivity contribution in [1.82, 2.24) is 4.90 Å². The summed E-state index contributed by atoms with van der Waals surface area (Å²) in [5.41, 5.74) is 7.40. The van der Waals surface area contributed by atoms with Gasteiger partial charge in [-0.2, -0.15) is 0 Å². The number of carbonyl (C=O) groups excluding carboxylic acids is 1. The van der Waals surface area contributed by atoms with Gasteiger partial charge in [-0.05, 0) is 37.6 Å². The molecule has 2 rings (SSSR count). The topological polar surface area (TPSA) is 55.6 Å². The smallest absolute Gasteiger partial charge is 0.254 e. The first-order chi connectivity index (χ1) is 8.70. The molecule has 0 spiro atoms. The molecule has 1 unspecified atom stereocenters. The monoisotopic (exact) mass is 248 g/mol. The van der Waals surface area contributed by atoms with Crippen molar-refractivity contribution in [3.05, 3.63) is 35.4 Å². The molecule has 1 aromatic carbocycles. The van der Waals surface area contributed by atoms with E-state index in [2.05, 4.69) is 0 Å². The van der Waals surface area contributed by atoms with Crippen LogP contribution in [-0.2, 0) is 11.2 Å². The zero-order valence-corrected chi connectivity index (χ0v) is 10.8. The van der Waals surface area contributed by atoms with Gasteiger partial charge in [0.1, 0.15) is 0 Å². The van der Waals surface area contributed by atoms with Crippen LogP contribution in [0.1, 0.15) is 22.8 Å². The Morgan fingerprint density at radius 2 is 2.39 bits per heavy atom. The maximum absolute atomic E-state index is 12.3. The lowest BCUT2D eigenvalue weighted by atomic mass is 10.1. The third-order valence-electron chi connectivity index (χ3n) is 3.14. The molecule has 0 bridgehead atoms. The maximum Gasteiger partial charge on any atom is 0.254 e. The van der Waals surface area contributed by atoms with E-state index in [0.29, 0.717) is 26.2 Å². The fourth-order valence-corrected chi connectivity index (χ4v) is 2.21. The van der Waals surface area contributed by atoms with Gasteiger partial charge in [-0.3, -0.25) is 4.79 Å². The molecule has 98 valence electrons. The predicted molar refractivity (Wildman–Crippen MR) is 70.5 cm³/mol. The molecule has 1 amide bonds. The van der Waals surface area contributed by atoms with Crippen LogP contribution in [-0.4, -0.2) is 43.2 Å². The molecular weight excluding hydrogens is 228 g/mol. The molecular formula is C14H20N2O2. The van der Waals surface area contributed by atoms with E-state index in [-0.39, 0.29) is 12.0 Å². The Bertz CT molecular complexity index is 420. The molecule has 1 fully saturated rings. The van der Waals surface area contributed by atoms with Crippen LogP contribution in [0.25, 0.3) is 0 Å². The highest BCUT2D eigenvalue weighted by Gasteiger charge is 2.22. The molecule has 1 saturated heterocycles. The second-order valence-corrected chi connectivity index (χ2v) is 4.67. The Kier molecular flexibility index (Phi) is 4.33. The molecule has 4 heteroatoms. The maximum atomic E-state index is 12.3. The van der Waals surface area contributed by atoms with E-state index < -0.39 is 0 Å². The van der Waals surface area contributed by atoms with Crippen molar-refractivity contribution in [2.75, 3.05) is 26.2 Å². The number of amides is 1. The van der Waals surface area contributed by atoms with E-state index in [0.717, 1.165) is 17.5 Å². The Morgan fingerprint density at radius 3 is 3.11 bits per heavy atom. The van der Waals surface area contributed by atoms with E-state index in [9.17, 15) is 4.79 Å². The van der Waals surface area contributed by atoms with E-state index >= 15 is 0 Å². The average molecular weight is 248 g/mol. The van der Waals surface area contributed by atoms with Crippen LogP contribution >= 0.6 is 0 Å². The highest BCUT2D eigenvalue weighted by atomic mass is 16.5. The quantitative estimate of drug-likeness (QED) is 0.870. The normalized spacial score (nSPS) is 19.9. The summed E-state index contributed by atoms with van der Waals surface area (Å²) in [6.45, 7) is 4.55. The number of ether oxygens (including phenoxy) is 1. The number of morpholine rings is 1. The van der Waals surface area contributed by atoms with Crippen LogP contribution < -0.4 is 5.73 Å². The van der Waals surface area contributed by atoms with E-state index in [1.807, 2.05) is 36.1 Å². The third kappa shape index (κ3) is 3.09. The number of nitrogens with zero attached hydrogens (tertiary/aromatic N) is 1. The van der Waals surface area contributed by atoms with Gasteiger partial charge in [0.15, 0.2) is 0 Å². The summed E-state index contributed by atoms with van der Waals surface area (Å²) < 4.78 is 5.45. The van der Waals surface area contributed by atoms with Gasteiger partial charge in [0.25, 0.3) is 5.91 Å². The Hall–Kier alpha value is -1.39. The minimum absolute atomic E-state index is 0.0871. The van der Waals surface area contributed by atoms with Crippen LogP contribution in [0.4, 0.5) is 0 Å². The number of rotatable bonds is 3. The number of hydrogen-bond acceptors (Lipinski definition) is 3. The first-order valence-electron chi connectivity index (χ1n) is 6.40. The molecule has 0 saturated carbocycles. The molecule has 1 aromatic rings. The molecule has 1 aliphatic rings. The molecule has 0 aromatic heterocycles. The molecule has 1 heterocycles. The number of hydrogen-bond donors (Lipinski definition) is 1. The van der Waals surface area contributed by atoms with Gasteiger partial charge in [-0.25, -0.2) is 0 Å². The zero-order valence-electron chi connectivity index (χ0n) is 10.8. The molecule has 0 radical (unpaired) electrons. The molecule has 18 heavy (non-hydrogen) atoms. The van der Waals surface area contributed by atoms with E-state index in [1.54, 1.807) is 0 Å². The second-order valence-electron chi connectivity index (χ2n) is 4.67. The molecule has 1 atom stereocenters. The fourth-order valence-electron chi connectivity index (χ4n) is 2.21. The predicted octanol–water partition coefficient (Wildman–Crippen LogP) is 1.05. The zero-order chi connectivity index (χ0) is 13.0. The van der Waals surface area contributed by atoms with Crippen LogP contribution in [0.15, 0.2) is 24.3 Å². The van der Waals surface area contributed by atoms with Crippen LogP contribution in [0.3, 0.4) is 0 Å². The van der Waals surface area contributed by atoms with Gasteiger partial charge in [-0.15, -0.1) is 0 Å². The standard InChI is InChI=1S/C14H20N2O2/c1-11-10-16(7-8-18-11)14(17)13-4-2-3-12(9-13)5-6-15/h2-4,9,11H,5-8,10,15H2,1H3. The lowest BCUT2D eigenvalue weighted by Crippen LogP contribution is -2.44. The Labute approximate surface area is 108 Å². The molecule has 2 N–H and O–H groups in total. The van der Waals surface area contributed by atoms with Crippen LogP contribution in [0, 0.1) is 0 Å². The Balaban J connectivity index is 2.10. The lowest BCUT2D eigenvalue weighted by Gasteiger charge is -2.31. The summed E-state index contributed by atoms with van der Waals surface area (Å²) in [5, 5.41) is 0. The second kappa shape index (κ2) is 5.98. The number of nitrogens with two attached hydrogens (primary N) is 1. The number of benzene rings is 1. The third-order valence-corrected chi connectivity index (χ3v) is 3.14. The van der Waals surface area contributed by atoms with Gasteiger partial charge >= 0.3 is 0 Å². The summed E-state index contributed by atoms with van der Waals surface area (Å²) in [4.78, 5) is 14.2. The molecule has 1 aliphatic heterocycles. The Morgan fingerprint density at radius 1 is 1.56 bits per heavy atom. The van der Waals surface area contributed by atoms with Crippen molar-refractivity contribution in [3.63, 3.8) is 0 Å². The minimum atomic E-state index is 0.0871. The minimum Gasteiger partial charge on any atom is -0.375 e. The summed E-state index contributed by atoms with van der Waals surface area (Å²) in [6, 6.07) is 7.73. The van der Waals surface area contributed by atoms with Crippen LogP contribution in [0.2, 0.25) is 0 Å². The molecule has 0 aliphatic carbocycles. The van der Waals surface area contributed by atoms with Crippen molar-refractivity contribution >= 4 is 5.91 Å². The van der Waals surface area contributed by atoms with E-state index in [4.69, 9.17) is 10.5 Å². The van der Waals surface area contributed by atoms with Gasteiger partial charge in [-0.1, -0.05) is 12.1 Å². The highest BCUT2D eigenvalue weighted by Crippen LogP contribution is 2.12. The van der Waals surface area contributed by atoms with Gasteiger partial charge < -0.3 is 15.4 Å². The first-order valence-corrected chi connectivity index (χ1v) is 6.40. The van der Waals surface area contributed by atoms with Crippen molar-refractivity contribution < 1.29 is 9.53 Å². The van der Waals surface area contributed by atoms with Crippen LogP contribution in [0.5, 0.6) is 0 Å². The summed E-state index contributed by atoms with van der Waals surface area (Å²) in [6.07, 6.45) is 0.926. The van der Waals surface area contributed by atoms with Crippen molar-refractivity contribution in [2.24, 2.45) is 5.73 Å². The van der Waals surface area contributed by atoms with Gasteiger partial charge in [0.05, 0.1) is 12.7 Å². The SMILES string of the molecule is CC1CN(C(=O)c2cccc(CCN)c2)CCO1. The summed E-state index contributed by atoms with van der Waals surface area (Å²) in [7, 11) is 0. The lowest BCUT2D eigenvalue weighted by molar-refractivity contribution is -0.0124. The first kappa shape index (κ1) is 13.1. The fraction of sp³-hybridized carbons (Fsp3) is 0.500. The van der Waals surface area contributed by atoms with Gasteiger partial charge in [0, 0.05) is 18.7 Å². The van der Waals surface area contributed by atoms with Gasteiger partial charge in [0.2, 0.25) is 0 Å². The molecule has 4 nitrogen and oxygen atoms in total. The number of carbonyl (C=O) groups is 1. The van der Waals surface area contributed by atoms with Crippen molar-refractivity contribution in [1.29, 1.82) is 0 Å². The van der Waals surface area contributed by atoms with E-state index in [1.165, 1.54) is 0 Å².